The van der Waals surface area contributed by atoms with Crippen LogP contribution in [0.3, 0.4) is 0 Å². The number of rotatable bonds is 4. The number of pyridine rings is 1. The summed E-state index contributed by atoms with van der Waals surface area (Å²) in [6.45, 7) is 0. The van der Waals surface area contributed by atoms with Crippen molar-refractivity contribution in [3.63, 3.8) is 0 Å². The van der Waals surface area contributed by atoms with Crippen LogP contribution in [0.2, 0.25) is 10.0 Å². The maximum Gasteiger partial charge on any atom is 0.416 e. The normalized spacial score (nSPS) is 11.0. The smallest absolute Gasteiger partial charge is 0.416 e. The van der Waals surface area contributed by atoms with Crippen molar-refractivity contribution in [3.05, 3.63) is 82.0 Å². The van der Waals surface area contributed by atoms with Gasteiger partial charge in [0.2, 0.25) is 5.88 Å². The van der Waals surface area contributed by atoms with E-state index in [1.54, 1.807) is 12.1 Å². The highest BCUT2D eigenvalue weighted by atomic mass is 35.5. The summed E-state index contributed by atoms with van der Waals surface area (Å²) in [5, 5.41) is 4.65. The Morgan fingerprint density at radius 3 is 2.35 bits per heavy atom. The molecule has 3 rings (SSSR count). The number of amides is 3. The zero-order valence-electron chi connectivity index (χ0n) is 15.3. The second-order valence-electron chi connectivity index (χ2n) is 6.02. The lowest BCUT2D eigenvalue weighted by Gasteiger charge is -2.11. The summed E-state index contributed by atoms with van der Waals surface area (Å²) < 4.78 is 43.8. The predicted molar refractivity (Wildman–Crippen MR) is 109 cm³/mol. The standard InChI is InChI=1S/C20H12Cl2F3N3O3/c21-14-4-2-1-3-13(14)18(29)28-19(30)27-12-6-8-17(26-10-12)31-16-9-11(20(23,24)25)5-7-15(16)22/h1-10H,(H2,27,28,29,30). The number of aromatic nitrogens is 1. The van der Waals surface area contributed by atoms with Crippen molar-refractivity contribution in [1.82, 2.24) is 10.3 Å². The molecule has 0 aliphatic carbocycles. The second-order valence-corrected chi connectivity index (χ2v) is 6.83. The van der Waals surface area contributed by atoms with Crippen molar-refractivity contribution >= 4 is 40.8 Å². The van der Waals surface area contributed by atoms with Crippen molar-refractivity contribution < 1.29 is 27.5 Å². The molecular weight excluding hydrogens is 458 g/mol. The average molecular weight is 470 g/mol. The number of halogens is 5. The van der Waals surface area contributed by atoms with E-state index in [1.165, 1.54) is 30.5 Å². The van der Waals surface area contributed by atoms with E-state index in [4.69, 9.17) is 27.9 Å². The molecule has 6 nitrogen and oxygen atoms in total. The number of ether oxygens (including phenoxy) is 1. The molecule has 3 aromatic rings. The third kappa shape index (κ3) is 5.87. The van der Waals surface area contributed by atoms with Gasteiger partial charge in [-0.1, -0.05) is 35.3 Å². The maximum absolute atomic E-state index is 12.8. The Balaban J connectivity index is 1.64. The van der Waals surface area contributed by atoms with E-state index in [0.717, 1.165) is 18.2 Å². The van der Waals surface area contributed by atoms with Gasteiger partial charge in [-0.25, -0.2) is 9.78 Å². The number of hydrogen-bond acceptors (Lipinski definition) is 4. The van der Waals surface area contributed by atoms with E-state index in [0.29, 0.717) is 0 Å². The molecule has 2 N–H and O–H groups in total. The van der Waals surface area contributed by atoms with Crippen LogP contribution in [-0.4, -0.2) is 16.9 Å². The Morgan fingerprint density at radius 2 is 1.71 bits per heavy atom. The zero-order valence-corrected chi connectivity index (χ0v) is 16.8. The largest absolute Gasteiger partial charge is 0.437 e. The minimum Gasteiger partial charge on any atom is -0.437 e. The molecule has 0 radical (unpaired) electrons. The van der Waals surface area contributed by atoms with Gasteiger partial charge in [0.1, 0.15) is 5.75 Å². The highest BCUT2D eigenvalue weighted by Crippen LogP contribution is 2.36. The minimum atomic E-state index is -4.56. The van der Waals surface area contributed by atoms with Crippen LogP contribution in [0.15, 0.2) is 60.8 Å². The Kier molecular flexibility index (Phi) is 6.67. The third-order valence-corrected chi connectivity index (χ3v) is 4.45. The molecule has 0 atom stereocenters. The lowest BCUT2D eigenvalue weighted by molar-refractivity contribution is -0.137. The van der Waals surface area contributed by atoms with Crippen LogP contribution in [-0.2, 0) is 6.18 Å². The fourth-order valence-electron chi connectivity index (χ4n) is 2.36. The first-order valence-electron chi connectivity index (χ1n) is 8.51. The molecule has 0 unspecified atom stereocenters. The topological polar surface area (TPSA) is 80.3 Å². The van der Waals surface area contributed by atoms with E-state index in [2.05, 4.69) is 15.6 Å². The molecule has 0 saturated heterocycles. The lowest BCUT2D eigenvalue weighted by atomic mass is 10.2. The molecule has 3 amide bonds. The minimum absolute atomic E-state index is 0.0329. The van der Waals surface area contributed by atoms with Crippen LogP contribution >= 0.6 is 23.2 Å². The second kappa shape index (κ2) is 9.23. The van der Waals surface area contributed by atoms with E-state index < -0.39 is 23.7 Å². The summed E-state index contributed by atoms with van der Waals surface area (Å²) in [5.41, 5.74) is -0.601. The highest BCUT2D eigenvalue weighted by Gasteiger charge is 2.31. The number of alkyl halides is 3. The number of benzene rings is 2. The summed E-state index contributed by atoms with van der Waals surface area (Å²) in [4.78, 5) is 28.0. The Hall–Kier alpha value is -3.30. The van der Waals surface area contributed by atoms with Gasteiger partial charge in [0.15, 0.2) is 0 Å². The Morgan fingerprint density at radius 1 is 0.968 bits per heavy atom. The molecule has 0 fully saturated rings. The molecule has 160 valence electrons. The number of anilines is 1. The Labute approximate surface area is 183 Å². The molecule has 0 spiro atoms. The number of hydrogen-bond donors (Lipinski definition) is 2. The zero-order chi connectivity index (χ0) is 22.6. The van der Waals surface area contributed by atoms with E-state index >= 15 is 0 Å². The SMILES string of the molecule is O=C(NC(=O)c1ccccc1Cl)Nc1ccc(Oc2cc(C(F)(F)F)ccc2Cl)nc1. The highest BCUT2D eigenvalue weighted by molar-refractivity contribution is 6.34. The first kappa shape index (κ1) is 22.4. The molecule has 0 aliphatic rings. The van der Waals surface area contributed by atoms with Gasteiger partial charge >= 0.3 is 12.2 Å². The van der Waals surface area contributed by atoms with Crippen molar-refractivity contribution in [2.24, 2.45) is 0 Å². The van der Waals surface area contributed by atoms with E-state index in [9.17, 15) is 22.8 Å². The van der Waals surface area contributed by atoms with Crippen molar-refractivity contribution in [2.75, 3.05) is 5.32 Å². The van der Waals surface area contributed by atoms with Gasteiger partial charge in [0, 0.05) is 6.07 Å². The van der Waals surface area contributed by atoms with Gasteiger partial charge in [-0.3, -0.25) is 10.1 Å². The van der Waals surface area contributed by atoms with Gasteiger partial charge in [0.25, 0.3) is 5.91 Å². The van der Waals surface area contributed by atoms with Gasteiger partial charge in [-0.2, -0.15) is 13.2 Å². The lowest BCUT2D eigenvalue weighted by Crippen LogP contribution is -2.34. The summed E-state index contributed by atoms with van der Waals surface area (Å²) in [6, 6.07) is 10.7. The number of nitrogens with one attached hydrogen (secondary N) is 2. The average Bonchev–Trinajstić information content (AvgIpc) is 2.70. The maximum atomic E-state index is 12.8. The first-order chi connectivity index (χ1) is 14.6. The van der Waals surface area contributed by atoms with Crippen LogP contribution in [0.5, 0.6) is 11.6 Å². The van der Waals surface area contributed by atoms with Crippen molar-refractivity contribution in [3.8, 4) is 11.6 Å². The van der Waals surface area contributed by atoms with E-state index in [-0.39, 0.29) is 32.9 Å². The molecule has 0 bridgehead atoms. The molecule has 0 saturated carbocycles. The summed E-state index contributed by atoms with van der Waals surface area (Å²) >= 11 is 11.8. The van der Waals surface area contributed by atoms with E-state index in [1.807, 2.05) is 0 Å². The third-order valence-electron chi connectivity index (χ3n) is 3.81. The van der Waals surface area contributed by atoms with Gasteiger partial charge < -0.3 is 10.1 Å². The first-order valence-corrected chi connectivity index (χ1v) is 9.26. The predicted octanol–water partition coefficient (Wildman–Crippen LogP) is 6.16. The molecule has 1 heterocycles. The molecule has 1 aromatic heterocycles. The van der Waals surface area contributed by atoms with Crippen LogP contribution in [0.25, 0.3) is 0 Å². The van der Waals surface area contributed by atoms with Gasteiger partial charge in [0.05, 0.1) is 33.1 Å². The van der Waals surface area contributed by atoms with Crippen LogP contribution in [0.4, 0.5) is 23.7 Å². The van der Waals surface area contributed by atoms with Crippen LogP contribution < -0.4 is 15.4 Å². The van der Waals surface area contributed by atoms with Gasteiger partial charge in [-0.15, -0.1) is 0 Å². The molecule has 31 heavy (non-hydrogen) atoms. The fraction of sp³-hybridized carbons (Fsp3) is 0.0500. The summed E-state index contributed by atoms with van der Waals surface area (Å²) in [5.74, 6) is -0.984. The number of imide groups is 1. The number of carbonyl (C=O) groups is 2. The summed E-state index contributed by atoms with van der Waals surface area (Å²) in [7, 11) is 0. The quantitative estimate of drug-likeness (QED) is 0.479. The molecule has 11 heteroatoms. The molecule has 2 aromatic carbocycles. The number of nitrogens with zero attached hydrogens (tertiary/aromatic N) is 1. The number of urea groups is 1. The van der Waals surface area contributed by atoms with Crippen molar-refractivity contribution in [1.29, 1.82) is 0 Å². The van der Waals surface area contributed by atoms with Crippen LogP contribution in [0, 0.1) is 0 Å². The van der Waals surface area contributed by atoms with Crippen molar-refractivity contribution in [2.45, 2.75) is 6.18 Å². The summed E-state index contributed by atoms with van der Waals surface area (Å²) in [6.07, 6.45) is -3.37. The monoisotopic (exact) mass is 469 g/mol. The molecule has 0 aliphatic heterocycles. The Bertz CT molecular complexity index is 1120. The van der Waals surface area contributed by atoms with Gasteiger partial charge in [-0.05, 0) is 36.4 Å². The molecular formula is C20H12Cl2F3N3O3. The number of carbonyl (C=O) groups excluding carboxylic acids is 2. The fourth-order valence-corrected chi connectivity index (χ4v) is 2.74. The van der Waals surface area contributed by atoms with Crippen LogP contribution in [0.1, 0.15) is 15.9 Å².